The van der Waals surface area contributed by atoms with Crippen molar-refractivity contribution in [3.63, 3.8) is 0 Å². The molecule has 4 heteroatoms. The molecule has 4 nitrogen and oxygen atoms in total. The molecule has 0 heterocycles. The second-order valence-corrected chi connectivity index (χ2v) is 13.1. The number of esters is 1. The molecule has 1 N–H and O–H groups in total. The van der Waals surface area contributed by atoms with Gasteiger partial charge in [-0.05, 0) is 51.0 Å². The van der Waals surface area contributed by atoms with E-state index in [9.17, 15) is 9.59 Å². The highest BCUT2D eigenvalue weighted by Gasteiger charge is 2.11. The van der Waals surface area contributed by atoms with Crippen molar-refractivity contribution in [3.05, 3.63) is 24.3 Å². The van der Waals surface area contributed by atoms with Gasteiger partial charge in [-0.3, -0.25) is 9.59 Å². The Labute approximate surface area is 274 Å². The second-order valence-electron chi connectivity index (χ2n) is 13.1. The lowest BCUT2D eigenvalue weighted by Crippen LogP contribution is -2.16. The molecule has 0 fully saturated rings. The van der Waals surface area contributed by atoms with E-state index in [0.29, 0.717) is 6.42 Å². The van der Waals surface area contributed by atoms with Crippen LogP contribution >= 0.6 is 0 Å². The zero-order valence-corrected chi connectivity index (χ0v) is 29.5. The summed E-state index contributed by atoms with van der Waals surface area (Å²) in [5, 5.41) is 8.77. The Morgan fingerprint density at radius 2 is 0.955 bits per heavy atom. The summed E-state index contributed by atoms with van der Waals surface area (Å²) in [5.74, 6) is -0.752. The van der Waals surface area contributed by atoms with Crippen LogP contribution in [0.15, 0.2) is 24.3 Å². The number of allylic oxidation sites excluding steroid dienone is 3. The Morgan fingerprint density at radius 1 is 0.523 bits per heavy atom. The lowest BCUT2D eigenvalue weighted by atomic mass is 10.0. The minimum Gasteiger partial charge on any atom is -0.481 e. The number of carbonyl (C=O) groups is 2. The number of hydrogen-bond donors (Lipinski definition) is 1. The standard InChI is InChI=1S/C40H74O4/c1-3-5-7-9-11-13-14-15-16-17-18-19-21-23-29-33-37-40(43)44-38(34-30-26-22-20-12-10-8-6-4-2)35-31-27-24-25-28-32-36-39(41)42/h20,22,30,34,38H,3-19,21,23-29,31-33,35-37H2,1-2H3,(H,41,42)/b22-20-,34-30-. The number of hydrogen-bond acceptors (Lipinski definition) is 3. The molecule has 258 valence electrons. The van der Waals surface area contributed by atoms with Crippen molar-refractivity contribution in [1.82, 2.24) is 0 Å². The van der Waals surface area contributed by atoms with Gasteiger partial charge in [0.25, 0.3) is 0 Å². The van der Waals surface area contributed by atoms with Crippen LogP contribution in [0.25, 0.3) is 0 Å². The van der Waals surface area contributed by atoms with Crippen LogP contribution in [0.3, 0.4) is 0 Å². The zero-order chi connectivity index (χ0) is 32.2. The van der Waals surface area contributed by atoms with Gasteiger partial charge in [-0.15, -0.1) is 0 Å². The van der Waals surface area contributed by atoms with Gasteiger partial charge in [-0.2, -0.15) is 0 Å². The van der Waals surface area contributed by atoms with E-state index >= 15 is 0 Å². The monoisotopic (exact) mass is 619 g/mol. The molecule has 0 aliphatic rings. The van der Waals surface area contributed by atoms with E-state index < -0.39 is 5.97 Å². The third-order valence-electron chi connectivity index (χ3n) is 8.66. The molecule has 0 bridgehead atoms. The molecule has 44 heavy (non-hydrogen) atoms. The highest BCUT2D eigenvalue weighted by molar-refractivity contribution is 5.69. The Morgan fingerprint density at radius 3 is 1.45 bits per heavy atom. The van der Waals surface area contributed by atoms with Gasteiger partial charge in [0.15, 0.2) is 0 Å². The molecule has 0 aromatic heterocycles. The molecule has 0 radical (unpaired) electrons. The van der Waals surface area contributed by atoms with Gasteiger partial charge < -0.3 is 9.84 Å². The fraction of sp³-hybridized carbons (Fsp3) is 0.850. The predicted octanol–water partition coefficient (Wildman–Crippen LogP) is 13.2. The van der Waals surface area contributed by atoms with Crippen LogP contribution in [0.1, 0.15) is 213 Å². The lowest BCUT2D eigenvalue weighted by molar-refractivity contribution is -0.147. The number of carboxylic acid groups (broad SMARTS) is 1. The lowest BCUT2D eigenvalue weighted by Gasteiger charge is -2.14. The highest BCUT2D eigenvalue weighted by Crippen LogP contribution is 2.16. The first-order valence-corrected chi connectivity index (χ1v) is 19.3. The molecule has 0 amide bonds. The molecular weight excluding hydrogens is 544 g/mol. The Hall–Kier alpha value is -1.58. The molecule has 0 aliphatic carbocycles. The first kappa shape index (κ1) is 42.4. The van der Waals surface area contributed by atoms with E-state index in [0.717, 1.165) is 70.6 Å². The average Bonchev–Trinajstić information content (AvgIpc) is 3.01. The van der Waals surface area contributed by atoms with Crippen LogP contribution in [0.2, 0.25) is 0 Å². The van der Waals surface area contributed by atoms with E-state index in [-0.39, 0.29) is 18.5 Å². The van der Waals surface area contributed by atoms with Crippen molar-refractivity contribution in [3.8, 4) is 0 Å². The smallest absolute Gasteiger partial charge is 0.306 e. The van der Waals surface area contributed by atoms with Crippen molar-refractivity contribution in [2.45, 2.75) is 219 Å². The molecule has 0 saturated carbocycles. The van der Waals surface area contributed by atoms with Crippen molar-refractivity contribution in [1.29, 1.82) is 0 Å². The van der Waals surface area contributed by atoms with Gasteiger partial charge in [0, 0.05) is 12.8 Å². The van der Waals surface area contributed by atoms with Crippen LogP contribution in [0.4, 0.5) is 0 Å². The average molecular weight is 619 g/mol. The zero-order valence-electron chi connectivity index (χ0n) is 29.5. The van der Waals surface area contributed by atoms with Gasteiger partial charge in [0.2, 0.25) is 0 Å². The first-order chi connectivity index (χ1) is 21.6. The van der Waals surface area contributed by atoms with E-state index in [4.69, 9.17) is 9.84 Å². The third kappa shape index (κ3) is 34.9. The predicted molar refractivity (Wildman–Crippen MR) is 190 cm³/mol. The summed E-state index contributed by atoms with van der Waals surface area (Å²) in [4.78, 5) is 23.3. The molecule has 0 saturated heterocycles. The van der Waals surface area contributed by atoms with Gasteiger partial charge in [-0.1, -0.05) is 173 Å². The van der Waals surface area contributed by atoms with E-state index in [1.807, 2.05) is 0 Å². The maximum Gasteiger partial charge on any atom is 0.306 e. The topological polar surface area (TPSA) is 63.6 Å². The third-order valence-corrected chi connectivity index (χ3v) is 8.66. The molecule has 1 unspecified atom stereocenters. The Kier molecular flexibility index (Phi) is 34.6. The van der Waals surface area contributed by atoms with Gasteiger partial charge in [-0.25, -0.2) is 0 Å². The SMILES string of the molecule is CCCCCC/C=C\C/C=C\C(CCCCCCCCC(=O)O)OC(=O)CCCCCCCCCCCCCCCCCC. The second kappa shape index (κ2) is 35.9. The van der Waals surface area contributed by atoms with E-state index in [1.54, 1.807) is 0 Å². The van der Waals surface area contributed by atoms with Gasteiger partial charge >= 0.3 is 11.9 Å². The highest BCUT2D eigenvalue weighted by atomic mass is 16.5. The number of carbonyl (C=O) groups excluding carboxylic acids is 1. The first-order valence-electron chi connectivity index (χ1n) is 19.3. The van der Waals surface area contributed by atoms with Crippen LogP contribution in [-0.2, 0) is 14.3 Å². The molecular formula is C40H74O4. The minimum absolute atomic E-state index is 0.0508. The number of aliphatic carboxylic acids is 1. The normalized spacial score (nSPS) is 12.4. The Bertz CT molecular complexity index is 668. The van der Waals surface area contributed by atoms with Crippen molar-refractivity contribution in [2.24, 2.45) is 0 Å². The van der Waals surface area contributed by atoms with Crippen LogP contribution in [-0.4, -0.2) is 23.1 Å². The van der Waals surface area contributed by atoms with Crippen LogP contribution in [0.5, 0.6) is 0 Å². The summed E-state index contributed by atoms with van der Waals surface area (Å²) in [6, 6.07) is 0. The maximum absolute atomic E-state index is 12.6. The van der Waals surface area contributed by atoms with Crippen molar-refractivity contribution >= 4 is 11.9 Å². The summed E-state index contributed by atoms with van der Waals surface area (Å²) in [6.07, 6.45) is 45.0. The number of rotatable bonds is 35. The van der Waals surface area contributed by atoms with Crippen molar-refractivity contribution in [2.75, 3.05) is 0 Å². The quantitative estimate of drug-likeness (QED) is 0.0436. The summed E-state index contributed by atoms with van der Waals surface area (Å²) < 4.78 is 5.90. The number of ether oxygens (including phenoxy) is 1. The summed E-state index contributed by atoms with van der Waals surface area (Å²) in [6.45, 7) is 4.53. The number of unbranched alkanes of at least 4 members (excludes halogenated alkanes) is 24. The van der Waals surface area contributed by atoms with Crippen LogP contribution in [0, 0.1) is 0 Å². The number of carboxylic acids is 1. The summed E-state index contributed by atoms with van der Waals surface area (Å²) in [7, 11) is 0. The summed E-state index contributed by atoms with van der Waals surface area (Å²) in [5.41, 5.74) is 0. The molecule has 0 spiro atoms. The van der Waals surface area contributed by atoms with Gasteiger partial charge in [0.1, 0.15) is 6.10 Å². The summed E-state index contributed by atoms with van der Waals surface area (Å²) >= 11 is 0. The largest absolute Gasteiger partial charge is 0.481 e. The molecule has 1 atom stereocenters. The van der Waals surface area contributed by atoms with Gasteiger partial charge in [0.05, 0.1) is 0 Å². The minimum atomic E-state index is -0.702. The maximum atomic E-state index is 12.6. The fourth-order valence-corrected chi connectivity index (χ4v) is 5.78. The molecule has 0 aliphatic heterocycles. The Balaban J connectivity index is 4.05. The molecule has 0 rings (SSSR count). The molecule has 0 aromatic carbocycles. The van der Waals surface area contributed by atoms with E-state index in [1.165, 1.54) is 116 Å². The van der Waals surface area contributed by atoms with E-state index in [2.05, 4.69) is 38.2 Å². The van der Waals surface area contributed by atoms with Crippen LogP contribution < -0.4 is 0 Å². The molecule has 0 aromatic rings. The van der Waals surface area contributed by atoms with Crippen molar-refractivity contribution < 1.29 is 19.4 Å². The fourth-order valence-electron chi connectivity index (χ4n) is 5.78.